The van der Waals surface area contributed by atoms with Crippen LogP contribution in [0.3, 0.4) is 0 Å². The quantitative estimate of drug-likeness (QED) is 0.588. The summed E-state index contributed by atoms with van der Waals surface area (Å²) in [6.07, 6.45) is 1.64. The molecule has 96 valence electrons. The van der Waals surface area contributed by atoms with Crippen LogP contribution in [0.15, 0.2) is 30.5 Å². The maximum absolute atomic E-state index is 7.05. The summed E-state index contributed by atoms with van der Waals surface area (Å²) in [5.41, 5.74) is 3.73. The Balaban J connectivity index is 3.20. The fraction of sp³-hybridized carbons (Fsp3) is 0.471. The van der Waals surface area contributed by atoms with Crippen LogP contribution in [0.4, 0.5) is 0 Å². The van der Waals surface area contributed by atoms with Crippen molar-refractivity contribution >= 4 is 5.57 Å². The molecule has 0 aromatic heterocycles. The van der Waals surface area contributed by atoms with Gasteiger partial charge in [-0.25, -0.2) is 4.85 Å². The molecule has 1 nitrogen and oxygen atoms in total. The van der Waals surface area contributed by atoms with E-state index >= 15 is 0 Å². The summed E-state index contributed by atoms with van der Waals surface area (Å²) in [7, 11) is 0. The van der Waals surface area contributed by atoms with E-state index in [1.54, 1.807) is 6.20 Å². The van der Waals surface area contributed by atoms with Crippen LogP contribution in [0.2, 0.25) is 0 Å². The van der Waals surface area contributed by atoms with Crippen molar-refractivity contribution in [3.63, 3.8) is 0 Å². The Morgan fingerprint density at radius 1 is 1.00 bits per heavy atom. The summed E-state index contributed by atoms with van der Waals surface area (Å²) in [6, 6.07) is 8.59. The highest BCUT2D eigenvalue weighted by Gasteiger charge is 2.19. The third kappa shape index (κ3) is 3.47. The lowest BCUT2D eigenvalue weighted by Gasteiger charge is -2.24. The van der Waals surface area contributed by atoms with Crippen LogP contribution < -0.4 is 0 Å². The maximum atomic E-state index is 7.05. The lowest BCUT2D eigenvalue weighted by molar-refractivity contribution is 0.566. The van der Waals surface area contributed by atoms with Gasteiger partial charge in [0.15, 0.2) is 6.20 Å². The van der Waals surface area contributed by atoms with E-state index in [1.165, 1.54) is 5.56 Å². The molecular weight excluding hydrogens is 218 g/mol. The van der Waals surface area contributed by atoms with Crippen LogP contribution in [-0.4, -0.2) is 0 Å². The van der Waals surface area contributed by atoms with Gasteiger partial charge in [0.1, 0.15) is 0 Å². The average molecular weight is 241 g/mol. The van der Waals surface area contributed by atoms with Gasteiger partial charge < -0.3 is 0 Å². The highest BCUT2D eigenvalue weighted by atomic mass is 14.6. The number of benzene rings is 1. The number of hydrogen-bond acceptors (Lipinski definition) is 0. The van der Waals surface area contributed by atoms with Crippen LogP contribution in [-0.2, 0) is 5.41 Å². The third-order valence-corrected chi connectivity index (χ3v) is 3.06. The Kier molecular flexibility index (Phi) is 4.02. The van der Waals surface area contributed by atoms with Crippen LogP contribution in [0, 0.1) is 12.0 Å². The smallest absolute Gasteiger partial charge is 0.158 e. The van der Waals surface area contributed by atoms with Gasteiger partial charge in [0, 0.05) is 0 Å². The molecule has 0 amide bonds. The van der Waals surface area contributed by atoms with E-state index < -0.39 is 0 Å². The van der Waals surface area contributed by atoms with Crippen molar-refractivity contribution in [3.8, 4) is 0 Å². The van der Waals surface area contributed by atoms with Crippen molar-refractivity contribution in [2.45, 2.75) is 47.0 Å². The van der Waals surface area contributed by atoms with Crippen LogP contribution >= 0.6 is 0 Å². The molecule has 0 aliphatic heterocycles. The predicted octanol–water partition coefficient (Wildman–Crippen LogP) is 5.29. The molecule has 1 rings (SSSR count). The van der Waals surface area contributed by atoms with Gasteiger partial charge in [0.25, 0.3) is 0 Å². The molecule has 1 aromatic rings. The Hall–Kier alpha value is -1.55. The predicted molar refractivity (Wildman–Crippen MR) is 79.2 cm³/mol. The van der Waals surface area contributed by atoms with Crippen molar-refractivity contribution in [2.24, 2.45) is 5.41 Å². The van der Waals surface area contributed by atoms with Crippen molar-refractivity contribution in [3.05, 3.63) is 53.0 Å². The normalized spacial score (nSPS) is 13.3. The van der Waals surface area contributed by atoms with Crippen molar-refractivity contribution in [1.82, 2.24) is 0 Å². The molecule has 0 aliphatic carbocycles. The molecule has 0 saturated carbocycles. The fourth-order valence-corrected chi connectivity index (χ4v) is 1.92. The Morgan fingerprint density at radius 2 is 1.50 bits per heavy atom. The minimum Gasteiger partial charge on any atom is -0.246 e. The van der Waals surface area contributed by atoms with Crippen LogP contribution in [0.1, 0.15) is 52.7 Å². The first kappa shape index (κ1) is 14.5. The average Bonchev–Trinajstić information content (AvgIpc) is 2.23. The Morgan fingerprint density at radius 3 is 1.83 bits per heavy atom. The Bertz CT molecular complexity index is 470. The molecule has 0 bridgehead atoms. The van der Waals surface area contributed by atoms with Crippen molar-refractivity contribution in [2.75, 3.05) is 0 Å². The Labute approximate surface area is 111 Å². The lowest BCUT2D eigenvalue weighted by Crippen LogP contribution is -2.12. The molecule has 1 heteroatoms. The van der Waals surface area contributed by atoms with E-state index in [-0.39, 0.29) is 10.8 Å². The molecule has 18 heavy (non-hydrogen) atoms. The standard InChI is InChI=1S/C17H23N/c1-16(2,3)14-10-8-13(9-11-14)15(12-18-7)17(4,5)6/h8-12H,1-6H3/b15-12-. The molecular formula is C17H23N. The zero-order valence-corrected chi connectivity index (χ0v) is 12.3. The summed E-state index contributed by atoms with van der Waals surface area (Å²) < 4.78 is 0. The molecule has 0 fully saturated rings. The summed E-state index contributed by atoms with van der Waals surface area (Å²) in [4.78, 5) is 3.44. The first-order chi connectivity index (χ1) is 8.16. The second-order valence-electron chi connectivity index (χ2n) is 6.75. The van der Waals surface area contributed by atoms with Crippen LogP contribution in [0.25, 0.3) is 10.4 Å². The molecule has 0 spiro atoms. The first-order valence-electron chi connectivity index (χ1n) is 6.34. The molecule has 0 saturated heterocycles. The lowest BCUT2D eigenvalue weighted by atomic mass is 9.81. The van der Waals surface area contributed by atoms with Gasteiger partial charge in [-0.1, -0.05) is 65.8 Å². The summed E-state index contributed by atoms with van der Waals surface area (Å²) in [5, 5.41) is 0. The second-order valence-corrected chi connectivity index (χ2v) is 6.75. The fourth-order valence-electron chi connectivity index (χ4n) is 1.92. The van der Waals surface area contributed by atoms with Gasteiger partial charge in [0.2, 0.25) is 0 Å². The van der Waals surface area contributed by atoms with E-state index in [2.05, 4.69) is 70.7 Å². The minimum atomic E-state index is -0.00615. The third-order valence-electron chi connectivity index (χ3n) is 3.06. The first-order valence-corrected chi connectivity index (χ1v) is 6.34. The number of allylic oxidation sites excluding steroid dienone is 1. The zero-order valence-electron chi connectivity index (χ0n) is 12.3. The van der Waals surface area contributed by atoms with Crippen molar-refractivity contribution < 1.29 is 0 Å². The molecule has 0 unspecified atom stereocenters. The monoisotopic (exact) mass is 241 g/mol. The highest BCUT2D eigenvalue weighted by Crippen LogP contribution is 2.35. The molecule has 0 N–H and O–H groups in total. The molecule has 0 heterocycles. The molecule has 1 aromatic carbocycles. The molecule has 0 atom stereocenters. The van der Waals surface area contributed by atoms with Gasteiger partial charge in [-0.2, -0.15) is 0 Å². The molecule has 0 aliphatic rings. The van der Waals surface area contributed by atoms with Gasteiger partial charge in [-0.15, -0.1) is 0 Å². The van der Waals surface area contributed by atoms with Crippen molar-refractivity contribution in [1.29, 1.82) is 0 Å². The van der Waals surface area contributed by atoms with E-state index in [1.807, 2.05) is 0 Å². The van der Waals surface area contributed by atoms with Crippen LogP contribution in [0.5, 0.6) is 0 Å². The van der Waals surface area contributed by atoms with E-state index in [0.29, 0.717) is 0 Å². The van der Waals surface area contributed by atoms with E-state index in [4.69, 9.17) is 6.57 Å². The zero-order chi connectivity index (χ0) is 14.0. The summed E-state index contributed by atoms with van der Waals surface area (Å²) in [5.74, 6) is 0. The van der Waals surface area contributed by atoms with Gasteiger partial charge >= 0.3 is 0 Å². The molecule has 0 radical (unpaired) electrons. The maximum Gasteiger partial charge on any atom is 0.158 e. The topological polar surface area (TPSA) is 4.36 Å². The van der Waals surface area contributed by atoms with Gasteiger partial charge in [0.05, 0.1) is 6.57 Å². The largest absolute Gasteiger partial charge is 0.246 e. The number of rotatable bonds is 1. The van der Waals surface area contributed by atoms with E-state index in [0.717, 1.165) is 11.1 Å². The minimum absolute atomic E-state index is 0.00615. The van der Waals surface area contributed by atoms with Gasteiger partial charge in [-0.05, 0) is 27.5 Å². The highest BCUT2D eigenvalue weighted by molar-refractivity contribution is 5.70. The van der Waals surface area contributed by atoms with E-state index in [9.17, 15) is 0 Å². The van der Waals surface area contributed by atoms with Gasteiger partial charge in [-0.3, -0.25) is 0 Å². The SMILES string of the molecule is [C-]#[N+]/C=C(/c1ccc(C(C)(C)C)cc1)C(C)(C)C. The summed E-state index contributed by atoms with van der Waals surface area (Å²) >= 11 is 0. The number of nitrogens with zero attached hydrogens (tertiary/aromatic N) is 1. The number of hydrogen-bond donors (Lipinski definition) is 0. The summed E-state index contributed by atoms with van der Waals surface area (Å²) in [6.45, 7) is 20.1. The second kappa shape index (κ2) is 4.98.